The first-order valence-corrected chi connectivity index (χ1v) is 8.01. The minimum atomic E-state index is -0.154. The van der Waals surface area contributed by atoms with Gasteiger partial charge >= 0.3 is 0 Å². The van der Waals surface area contributed by atoms with E-state index < -0.39 is 0 Å². The Labute approximate surface area is 136 Å². The molecule has 0 unspecified atom stereocenters. The number of ether oxygens (including phenoxy) is 1. The highest BCUT2D eigenvalue weighted by atomic mass is 16.5. The second-order valence-electron chi connectivity index (χ2n) is 5.97. The van der Waals surface area contributed by atoms with Crippen LogP contribution in [0.2, 0.25) is 0 Å². The third kappa shape index (κ3) is 4.83. The standard InChI is InChI=1S/C19H22N2O2/c1-14-6-8-17(9-7-14)21-19(22)13-23-18-5-3-2-4-15(18)12-20-16-10-11-16/h2-9,16,20H,10-13H2,1H3,(H,21,22). The number of carbonyl (C=O) groups excluding carboxylic acids is 1. The van der Waals surface area contributed by atoms with Crippen molar-refractivity contribution in [1.29, 1.82) is 0 Å². The van der Waals surface area contributed by atoms with Gasteiger partial charge in [0.2, 0.25) is 0 Å². The quantitative estimate of drug-likeness (QED) is 0.825. The SMILES string of the molecule is Cc1ccc(NC(=O)COc2ccccc2CNC2CC2)cc1. The van der Waals surface area contributed by atoms with Crippen molar-refractivity contribution in [1.82, 2.24) is 5.32 Å². The second kappa shape index (κ2) is 7.29. The van der Waals surface area contributed by atoms with Crippen LogP contribution < -0.4 is 15.4 Å². The lowest BCUT2D eigenvalue weighted by Crippen LogP contribution is -2.21. The van der Waals surface area contributed by atoms with E-state index in [4.69, 9.17) is 4.74 Å². The summed E-state index contributed by atoms with van der Waals surface area (Å²) in [4.78, 5) is 12.0. The minimum absolute atomic E-state index is 0.00825. The van der Waals surface area contributed by atoms with Crippen molar-refractivity contribution in [2.24, 2.45) is 0 Å². The van der Waals surface area contributed by atoms with E-state index >= 15 is 0 Å². The molecule has 4 heteroatoms. The van der Waals surface area contributed by atoms with E-state index in [0.29, 0.717) is 6.04 Å². The molecule has 0 bridgehead atoms. The maximum absolute atomic E-state index is 12.0. The first-order valence-electron chi connectivity index (χ1n) is 8.01. The summed E-state index contributed by atoms with van der Waals surface area (Å²) in [6.07, 6.45) is 2.50. The Bertz CT molecular complexity index is 663. The summed E-state index contributed by atoms with van der Waals surface area (Å²) in [6, 6.07) is 16.2. The monoisotopic (exact) mass is 310 g/mol. The molecular weight excluding hydrogens is 288 g/mol. The van der Waals surface area contributed by atoms with Gasteiger partial charge in [-0.1, -0.05) is 35.9 Å². The van der Waals surface area contributed by atoms with Crippen LogP contribution in [0.1, 0.15) is 24.0 Å². The van der Waals surface area contributed by atoms with Crippen LogP contribution in [-0.2, 0) is 11.3 Å². The van der Waals surface area contributed by atoms with Gasteiger partial charge < -0.3 is 15.4 Å². The number of nitrogens with one attached hydrogen (secondary N) is 2. The third-order valence-electron chi connectivity index (χ3n) is 3.83. The number of rotatable bonds is 7. The van der Waals surface area contributed by atoms with E-state index in [-0.39, 0.29) is 12.5 Å². The van der Waals surface area contributed by atoms with Crippen LogP contribution in [0.5, 0.6) is 5.75 Å². The van der Waals surface area contributed by atoms with Crippen LogP contribution >= 0.6 is 0 Å². The maximum atomic E-state index is 12.0. The van der Waals surface area contributed by atoms with E-state index in [1.54, 1.807) is 0 Å². The van der Waals surface area contributed by atoms with E-state index in [0.717, 1.165) is 29.1 Å². The number of aryl methyl sites for hydroxylation is 1. The Morgan fingerprint density at radius 3 is 2.61 bits per heavy atom. The molecule has 0 saturated heterocycles. The van der Waals surface area contributed by atoms with Crippen LogP contribution in [0.3, 0.4) is 0 Å². The molecule has 1 saturated carbocycles. The minimum Gasteiger partial charge on any atom is -0.483 e. The lowest BCUT2D eigenvalue weighted by molar-refractivity contribution is -0.118. The topological polar surface area (TPSA) is 50.4 Å². The molecule has 2 aromatic carbocycles. The van der Waals surface area contributed by atoms with Crippen LogP contribution in [0, 0.1) is 6.92 Å². The second-order valence-corrected chi connectivity index (χ2v) is 5.97. The van der Waals surface area contributed by atoms with Crippen molar-refractivity contribution < 1.29 is 9.53 Å². The van der Waals surface area contributed by atoms with Crippen LogP contribution in [0.25, 0.3) is 0 Å². The number of para-hydroxylation sites is 1. The van der Waals surface area contributed by atoms with E-state index in [1.807, 2.05) is 55.5 Å². The molecule has 2 N–H and O–H groups in total. The van der Waals surface area contributed by atoms with Crippen molar-refractivity contribution in [2.45, 2.75) is 32.4 Å². The number of amides is 1. The molecule has 0 heterocycles. The lowest BCUT2D eigenvalue weighted by atomic mass is 10.2. The van der Waals surface area contributed by atoms with Crippen LogP contribution in [-0.4, -0.2) is 18.6 Å². The lowest BCUT2D eigenvalue weighted by Gasteiger charge is -2.12. The van der Waals surface area contributed by atoms with Gasteiger partial charge in [-0.25, -0.2) is 0 Å². The first-order chi connectivity index (χ1) is 11.2. The van der Waals surface area contributed by atoms with Gasteiger partial charge in [0.15, 0.2) is 6.61 Å². The molecule has 1 aliphatic carbocycles. The van der Waals surface area contributed by atoms with Crippen molar-refractivity contribution in [3.8, 4) is 5.75 Å². The molecule has 4 nitrogen and oxygen atoms in total. The van der Waals surface area contributed by atoms with Gasteiger partial charge in [-0.05, 0) is 38.0 Å². The number of anilines is 1. The molecule has 0 aromatic heterocycles. The third-order valence-corrected chi connectivity index (χ3v) is 3.83. The summed E-state index contributed by atoms with van der Waals surface area (Å²) in [5.74, 6) is 0.610. The molecule has 1 fully saturated rings. The molecule has 23 heavy (non-hydrogen) atoms. The molecule has 3 rings (SSSR count). The molecule has 1 aliphatic rings. The van der Waals surface area contributed by atoms with Gasteiger partial charge in [0.05, 0.1) is 0 Å². The van der Waals surface area contributed by atoms with Gasteiger partial charge in [-0.15, -0.1) is 0 Å². The van der Waals surface area contributed by atoms with Gasteiger partial charge in [-0.3, -0.25) is 4.79 Å². The molecule has 0 aliphatic heterocycles. The predicted octanol–water partition coefficient (Wildman–Crippen LogP) is 3.26. The van der Waals surface area contributed by atoms with Gasteiger partial charge in [0.1, 0.15) is 5.75 Å². The van der Waals surface area contributed by atoms with Gasteiger partial charge in [0.25, 0.3) is 5.91 Å². The summed E-state index contributed by atoms with van der Waals surface area (Å²) in [5, 5.41) is 6.30. The molecule has 1 amide bonds. The van der Waals surface area contributed by atoms with Crippen molar-refractivity contribution in [3.05, 3.63) is 59.7 Å². The fraction of sp³-hybridized carbons (Fsp3) is 0.316. The Hall–Kier alpha value is -2.33. The molecule has 0 atom stereocenters. The molecular formula is C19H22N2O2. The predicted molar refractivity (Wildman–Crippen MR) is 91.6 cm³/mol. The largest absolute Gasteiger partial charge is 0.483 e. The van der Waals surface area contributed by atoms with Crippen molar-refractivity contribution >= 4 is 11.6 Å². The van der Waals surface area contributed by atoms with E-state index in [2.05, 4.69) is 10.6 Å². The summed E-state index contributed by atoms with van der Waals surface area (Å²) in [5.41, 5.74) is 3.03. The normalized spacial score (nSPS) is 13.6. The fourth-order valence-corrected chi connectivity index (χ4v) is 2.31. The summed E-state index contributed by atoms with van der Waals surface area (Å²) < 4.78 is 5.70. The van der Waals surface area contributed by atoms with E-state index in [1.165, 1.54) is 12.8 Å². The Morgan fingerprint density at radius 2 is 1.87 bits per heavy atom. The van der Waals surface area contributed by atoms with Gasteiger partial charge in [-0.2, -0.15) is 0 Å². The number of carbonyl (C=O) groups is 1. The summed E-state index contributed by atoms with van der Waals surface area (Å²) in [6.45, 7) is 2.80. The van der Waals surface area contributed by atoms with Crippen LogP contribution in [0.4, 0.5) is 5.69 Å². The fourth-order valence-electron chi connectivity index (χ4n) is 2.31. The van der Waals surface area contributed by atoms with Gasteiger partial charge in [0, 0.05) is 23.8 Å². The van der Waals surface area contributed by atoms with E-state index in [9.17, 15) is 4.79 Å². The highest BCUT2D eigenvalue weighted by Crippen LogP contribution is 2.22. The Kier molecular flexibility index (Phi) is 4.93. The van der Waals surface area contributed by atoms with Crippen molar-refractivity contribution in [3.63, 3.8) is 0 Å². The highest BCUT2D eigenvalue weighted by molar-refractivity contribution is 5.91. The maximum Gasteiger partial charge on any atom is 0.262 e. The molecule has 0 spiro atoms. The zero-order valence-corrected chi connectivity index (χ0v) is 13.3. The summed E-state index contributed by atoms with van der Waals surface area (Å²) >= 11 is 0. The zero-order chi connectivity index (χ0) is 16.1. The first kappa shape index (κ1) is 15.6. The average molecular weight is 310 g/mol. The zero-order valence-electron chi connectivity index (χ0n) is 13.3. The number of hydrogen-bond donors (Lipinski definition) is 2. The molecule has 120 valence electrons. The summed E-state index contributed by atoms with van der Waals surface area (Å²) in [7, 11) is 0. The Balaban J connectivity index is 1.52. The van der Waals surface area contributed by atoms with Crippen molar-refractivity contribution in [2.75, 3.05) is 11.9 Å². The molecule has 0 radical (unpaired) electrons. The number of benzene rings is 2. The Morgan fingerprint density at radius 1 is 1.13 bits per heavy atom. The molecule has 2 aromatic rings. The highest BCUT2D eigenvalue weighted by Gasteiger charge is 2.20. The smallest absolute Gasteiger partial charge is 0.262 e. The average Bonchev–Trinajstić information content (AvgIpc) is 3.38. The number of hydrogen-bond acceptors (Lipinski definition) is 3. The van der Waals surface area contributed by atoms with Crippen LogP contribution in [0.15, 0.2) is 48.5 Å².